The minimum absolute atomic E-state index is 0.213. The van der Waals surface area contributed by atoms with Gasteiger partial charge in [0.05, 0.1) is 31.8 Å². The minimum atomic E-state index is -0.386. The maximum atomic E-state index is 12.2. The van der Waals surface area contributed by atoms with Crippen LogP contribution in [-0.2, 0) is 11.3 Å². The number of rotatable bonds is 6. The number of amides is 1. The maximum Gasteiger partial charge on any atom is 0.267 e. The third-order valence-corrected chi connectivity index (χ3v) is 3.78. The average molecular weight is 366 g/mol. The fraction of sp³-hybridized carbons (Fsp3) is 0.158. The van der Waals surface area contributed by atoms with Gasteiger partial charge in [0.2, 0.25) is 11.8 Å². The summed E-state index contributed by atoms with van der Waals surface area (Å²) in [6.45, 7) is -0.213. The summed E-state index contributed by atoms with van der Waals surface area (Å²) in [5.41, 5.74) is 1.52. The molecule has 2 aromatic heterocycles. The van der Waals surface area contributed by atoms with E-state index in [-0.39, 0.29) is 18.0 Å². The second kappa shape index (κ2) is 8.13. The molecule has 3 rings (SSSR count). The Hall–Kier alpha value is -3.68. The highest BCUT2D eigenvalue weighted by Gasteiger charge is 2.09. The summed E-state index contributed by atoms with van der Waals surface area (Å²) in [5, 5.41) is 6.94. The highest BCUT2D eigenvalue weighted by molar-refractivity contribution is 5.90. The molecule has 0 bridgehead atoms. The lowest BCUT2D eigenvalue weighted by atomic mass is 10.1. The van der Waals surface area contributed by atoms with Gasteiger partial charge in [-0.05, 0) is 36.4 Å². The van der Waals surface area contributed by atoms with Gasteiger partial charge in [-0.25, -0.2) is 9.67 Å². The van der Waals surface area contributed by atoms with Crippen molar-refractivity contribution in [1.29, 1.82) is 0 Å². The number of pyridine rings is 1. The molecule has 138 valence electrons. The van der Waals surface area contributed by atoms with Crippen LogP contribution in [0.15, 0.2) is 59.5 Å². The van der Waals surface area contributed by atoms with Gasteiger partial charge in [-0.1, -0.05) is 0 Å². The third kappa shape index (κ3) is 4.49. The van der Waals surface area contributed by atoms with Crippen molar-refractivity contribution in [2.24, 2.45) is 0 Å². The standard InChI is InChI=1S/C19H18N4O4/c1-26-15-6-3-13(4-7-15)16-8-10-19(25)23(22-16)12-17(24)21-14-5-9-18(27-2)20-11-14/h3-11H,12H2,1-2H3,(H,21,24). The van der Waals surface area contributed by atoms with Gasteiger partial charge in [-0.2, -0.15) is 5.10 Å². The number of hydrogen-bond donors (Lipinski definition) is 1. The van der Waals surface area contributed by atoms with Crippen molar-refractivity contribution >= 4 is 11.6 Å². The lowest BCUT2D eigenvalue weighted by Gasteiger charge is -2.09. The average Bonchev–Trinajstić information content (AvgIpc) is 2.70. The SMILES string of the molecule is COc1ccc(-c2ccc(=O)n(CC(=O)Nc3ccc(OC)nc3)n2)cc1. The van der Waals surface area contributed by atoms with E-state index in [9.17, 15) is 9.59 Å². The number of carbonyl (C=O) groups excluding carboxylic acids is 1. The molecular formula is C19H18N4O4. The predicted molar refractivity (Wildman–Crippen MR) is 99.9 cm³/mol. The van der Waals surface area contributed by atoms with E-state index in [1.54, 1.807) is 37.4 Å². The van der Waals surface area contributed by atoms with Crippen LogP contribution < -0.4 is 20.3 Å². The van der Waals surface area contributed by atoms with E-state index in [4.69, 9.17) is 9.47 Å². The van der Waals surface area contributed by atoms with Crippen molar-refractivity contribution in [3.05, 3.63) is 65.1 Å². The lowest BCUT2D eigenvalue weighted by Crippen LogP contribution is -2.29. The maximum absolute atomic E-state index is 12.2. The molecule has 2 heterocycles. The molecule has 0 radical (unpaired) electrons. The first-order valence-corrected chi connectivity index (χ1v) is 8.11. The van der Waals surface area contributed by atoms with Gasteiger partial charge in [0.25, 0.3) is 5.56 Å². The molecule has 1 N–H and O–H groups in total. The summed E-state index contributed by atoms with van der Waals surface area (Å²) in [6, 6.07) is 13.6. The summed E-state index contributed by atoms with van der Waals surface area (Å²) in [7, 11) is 3.10. The van der Waals surface area contributed by atoms with Crippen LogP contribution in [-0.4, -0.2) is 34.9 Å². The predicted octanol–water partition coefficient (Wildman–Crippen LogP) is 1.96. The van der Waals surface area contributed by atoms with E-state index >= 15 is 0 Å². The summed E-state index contributed by atoms with van der Waals surface area (Å²) in [4.78, 5) is 28.3. The zero-order chi connectivity index (χ0) is 19.2. The van der Waals surface area contributed by atoms with Crippen molar-refractivity contribution in [3.8, 4) is 22.9 Å². The molecule has 8 nitrogen and oxygen atoms in total. The first-order chi connectivity index (χ1) is 13.1. The number of anilines is 1. The van der Waals surface area contributed by atoms with Gasteiger partial charge in [0.1, 0.15) is 12.3 Å². The number of nitrogens with one attached hydrogen (secondary N) is 1. The van der Waals surface area contributed by atoms with E-state index in [0.717, 1.165) is 16.0 Å². The van der Waals surface area contributed by atoms with Crippen molar-refractivity contribution in [3.63, 3.8) is 0 Å². The Bertz CT molecular complexity index is 982. The van der Waals surface area contributed by atoms with Crippen LogP contribution in [0.3, 0.4) is 0 Å². The molecule has 0 aliphatic rings. The molecule has 0 saturated carbocycles. The first-order valence-electron chi connectivity index (χ1n) is 8.11. The second-order valence-electron chi connectivity index (χ2n) is 5.58. The number of carbonyl (C=O) groups is 1. The molecule has 27 heavy (non-hydrogen) atoms. The molecule has 3 aromatic rings. The van der Waals surface area contributed by atoms with Crippen molar-refractivity contribution in [1.82, 2.24) is 14.8 Å². The highest BCUT2D eigenvalue weighted by atomic mass is 16.5. The molecule has 0 spiro atoms. The van der Waals surface area contributed by atoms with Crippen LogP contribution in [0.4, 0.5) is 5.69 Å². The Morgan fingerprint density at radius 3 is 2.44 bits per heavy atom. The van der Waals surface area contributed by atoms with E-state index in [0.29, 0.717) is 17.3 Å². The quantitative estimate of drug-likeness (QED) is 0.717. The highest BCUT2D eigenvalue weighted by Crippen LogP contribution is 2.19. The molecule has 0 unspecified atom stereocenters. The number of ether oxygens (including phenoxy) is 2. The molecule has 0 atom stereocenters. The molecule has 0 aliphatic carbocycles. The Kier molecular flexibility index (Phi) is 5.46. The van der Waals surface area contributed by atoms with Gasteiger partial charge in [0, 0.05) is 17.7 Å². The largest absolute Gasteiger partial charge is 0.497 e. The Morgan fingerprint density at radius 1 is 1.04 bits per heavy atom. The topological polar surface area (TPSA) is 95.3 Å². The van der Waals surface area contributed by atoms with Crippen LogP contribution in [0, 0.1) is 0 Å². The Balaban J connectivity index is 1.75. The monoisotopic (exact) mass is 366 g/mol. The minimum Gasteiger partial charge on any atom is -0.497 e. The van der Waals surface area contributed by atoms with Gasteiger partial charge in [-0.3, -0.25) is 9.59 Å². The van der Waals surface area contributed by atoms with Crippen molar-refractivity contribution < 1.29 is 14.3 Å². The summed E-state index contributed by atoms with van der Waals surface area (Å²) >= 11 is 0. The number of aromatic nitrogens is 3. The van der Waals surface area contributed by atoms with Gasteiger partial charge in [0.15, 0.2) is 0 Å². The van der Waals surface area contributed by atoms with Crippen LogP contribution in [0.5, 0.6) is 11.6 Å². The number of benzene rings is 1. The second-order valence-corrected chi connectivity index (χ2v) is 5.58. The van der Waals surface area contributed by atoms with E-state index in [2.05, 4.69) is 15.4 Å². The van der Waals surface area contributed by atoms with Crippen LogP contribution in [0.1, 0.15) is 0 Å². The smallest absolute Gasteiger partial charge is 0.267 e. The molecule has 8 heteroatoms. The number of hydrogen-bond acceptors (Lipinski definition) is 6. The van der Waals surface area contributed by atoms with Crippen LogP contribution >= 0.6 is 0 Å². The van der Waals surface area contributed by atoms with E-state index in [1.807, 2.05) is 12.1 Å². The molecule has 0 fully saturated rings. The van der Waals surface area contributed by atoms with Gasteiger partial charge < -0.3 is 14.8 Å². The van der Waals surface area contributed by atoms with Gasteiger partial charge in [-0.15, -0.1) is 0 Å². The van der Waals surface area contributed by atoms with E-state index in [1.165, 1.54) is 19.4 Å². The van der Waals surface area contributed by atoms with E-state index < -0.39 is 0 Å². The molecular weight excluding hydrogens is 348 g/mol. The normalized spacial score (nSPS) is 10.3. The molecule has 1 amide bonds. The first kappa shape index (κ1) is 18.1. The molecule has 1 aromatic carbocycles. The van der Waals surface area contributed by atoms with Crippen LogP contribution in [0.2, 0.25) is 0 Å². The summed E-state index contributed by atoms with van der Waals surface area (Å²) in [6.07, 6.45) is 1.47. The fourth-order valence-electron chi connectivity index (χ4n) is 2.39. The third-order valence-electron chi connectivity index (χ3n) is 3.78. The zero-order valence-electron chi connectivity index (χ0n) is 14.9. The Morgan fingerprint density at radius 2 is 1.81 bits per heavy atom. The Labute approximate surface area is 155 Å². The lowest BCUT2D eigenvalue weighted by molar-refractivity contribution is -0.117. The molecule has 0 saturated heterocycles. The number of methoxy groups -OCH3 is 2. The van der Waals surface area contributed by atoms with Crippen molar-refractivity contribution in [2.45, 2.75) is 6.54 Å². The number of nitrogens with zero attached hydrogens (tertiary/aromatic N) is 3. The van der Waals surface area contributed by atoms with Crippen molar-refractivity contribution in [2.75, 3.05) is 19.5 Å². The summed E-state index contributed by atoms with van der Waals surface area (Å²) in [5.74, 6) is 0.779. The fourth-order valence-corrected chi connectivity index (χ4v) is 2.39. The zero-order valence-corrected chi connectivity index (χ0v) is 14.9. The molecule has 0 aliphatic heterocycles. The van der Waals surface area contributed by atoms with Gasteiger partial charge >= 0.3 is 0 Å². The van der Waals surface area contributed by atoms with Crippen LogP contribution in [0.25, 0.3) is 11.3 Å². The summed E-state index contributed by atoms with van der Waals surface area (Å²) < 4.78 is 11.2.